The molecule has 0 spiro atoms. The van der Waals surface area contributed by atoms with Gasteiger partial charge in [0, 0.05) is 17.7 Å². The van der Waals surface area contributed by atoms with Crippen LogP contribution < -0.4 is 5.56 Å². The lowest BCUT2D eigenvalue weighted by atomic mass is 10.1. The maximum atomic E-state index is 12.6. The number of rotatable bonds is 4. The molecule has 0 atom stereocenters. The summed E-state index contributed by atoms with van der Waals surface area (Å²) in [6.07, 6.45) is 1.35. The summed E-state index contributed by atoms with van der Waals surface area (Å²) < 4.78 is 6.50. The van der Waals surface area contributed by atoms with Gasteiger partial charge in [0.2, 0.25) is 11.7 Å². The average Bonchev–Trinajstić information content (AvgIpc) is 3.13. The molecule has 2 aromatic carbocycles. The molecular weight excluding hydrogens is 350 g/mol. The summed E-state index contributed by atoms with van der Waals surface area (Å²) in [5.41, 5.74) is 1.71. The molecule has 0 aliphatic heterocycles. The maximum absolute atomic E-state index is 12.6. The van der Waals surface area contributed by atoms with Gasteiger partial charge in [0.1, 0.15) is 6.54 Å². The molecule has 0 aliphatic rings. The van der Waals surface area contributed by atoms with Gasteiger partial charge in [-0.2, -0.15) is 4.98 Å². The molecule has 4 rings (SSSR count). The van der Waals surface area contributed by atoms with E-state index in [9.17, 15) is 14.9 Å². The lowest BCUT2D eigenvalue weighted by molar-refractivity contribution is -0.384. The Balaban J connectivity index is 1.67. The average molecular weight is 363 g/mol. The van der Waals surface area contributed by atoms with Gasteiger partial charge in [-0.05, 0) is 13.0 Å². The monoisotopic (exact) mass is 363 g/mol. The lowest BCUT2D eigenvalue weighted by Gasteiger charge is -2.03. The van der Waals surface area contributed by atoms with Gasteiger partial charge in [-0.3, -0.25) is 19.5 Å². The molecule has 2 heterocycles. The van der Waals surface area contributed by atoms with E-state index in [1.807, 2.05) is 31.2 Å². The zero-order chi connectivity index (χ0) is 19.0. The Bertz CT molecular complexity index is 1210. The molecule has 0 fully saturated rings. The number of fused-ring (bicyclic) bond motifs is 1. The third-order valence-electron chi connectivity index (χ3n) is 4.10. The van der Waals surface area contributed by atoms with Crippen LogP contribution in [-0.4, -0.2) is 24.6 Å². The Kier molecular flexibility index (Phi) is 3.96. The van der Waals surface area contributed by atoms with E-state index in [4.69, 9.17) is 4.52 Å². The third-order valence-corrected chi connectivity index (χ3v) is 4.10. The van der Waals surface area contributed by atoms with Gasteiger partial charge in [0.25, 0.3) is 11.2 Å². The topological polar surface area (TPSA) is 117 Å². The minimum atomic E-state index is -0.553. The van der Waals surface area contributed by atoms with E-state index in [1.54, 1.807) is 0 Å². The fourth-order valence-corrected chi connectivity index (χ4v) is 2.66. The van der Waals surface area contributed by atoms with E-state index in [2.05, 4.69) is 15.1 Å². The largest absolute Gasteiger partial charge is 0.337 e. The van der Waals surface area contributed by atoms with E-state index in [0.29, 0.717) is 11.3 Å². The van der Waals surface area contributed by atoms with Crippen LogP contribution in [0.2, 0.25) is 0 Å². The Hall–Kier alpha value is -3.88. The number of aryl methyl sites for hydroxylation is 1. The van der Waals surface area contributed by atoms with Crippen molar-refractivity contribution in [2.75, 3.05) is 0 Å². The van der Waals surface area contributed by atoms with Crippen molar-refractivity contribution in [1.29, 1.82) is 0 Å². The second-order valence-electron chi connectivity index (χ2n) is 6.01. The summed E-state index contributed by atoms with van der Waals surface area (Å²) in [6, 6.07) is 11.6. The van der Waals surface area contributed by atoms with Gasteiger partial charge < -0.3 is 4.52 Å². The van der Waals surface area contributed by atoms with E-state index >= 15 is 0 Å². The Morgan fingerprint density at radius 1 is 1.19 bits per heavy atom. The van der Waals surface area contributed by atoms with Crippen LogP contribution in [0.25, 0.3) is 22.3 Å². The highest BCUT2D eigenvalue weighted by atomic mass is 16.6. The minimum Gasteiger partial charge on any atom is -0.337 e. The number of nitro groups is 1. The molecule has 134 valence electrons. The summed E-state index contributed by atoms with van der Waals surface area (Å²) in [4.78, 5) is 31.5. The summed E-state index contributed by atoms with van der Waals surface area (Å²) in [5.74, 6) is 0.654. The first-order valence-corrected chi connectivity index (χ1v) is 8.04. The zero-order valence-corrected chi connectivity index (χ0v) is 14.2. The van der Waals surface area contributed by atoms with Crippen LogP contribution in [-0.2, 0) is 6.54 Å². The molecule has 0 aliphatic carbocycles. The molecule has 0 unspecified atom stereocenters. The van der Waals surface area contributed by atoms with Crippen molar-refractivity contribution in [3.05, 3.63) is 80.7 Å². The van der Waals surface area contributed by atoms with E-state index in [-0.39, 0.29) is 23.5 Å². The van der Waals surface area contributed by atoms with E-state index in [0.717, 1.165) is 11.1 Å². The van der Waals surface area contributed by atoms with Crippen molar-refractivity contribution < 1.29 is 9.45 Å². The van der Waals surface area contributed by atoms with E-state index < -0.39 is 10.5 Å². The van der Waals surface area contributed by atoms with Gasteiger partial charge >= 0.3 is 0 Å². The number of aromatic nitrogens is 4. The van der Waals surface area contributed by atoms with Gasteiger partial charge in [0.05, 0.1) is 22.2 Å². The maximum Gasteiger partial charge on any atom is 0.270 e. The zero-order valence-electron chi connectivity index (χ0n) is 14.2. The number of non-ortho nitro benzene ring substituents is 1. The summed E-state index contributed by atoms with van der Waals surface area (Å²) in [6.45, 7) is 2.00. The van der Waals surface area contributed by atoms with Crippen LogP contribution in [0.5, 0.6) is 0 Å². The second-order valence-corrected chi connectivity index (χ2v) is 6.01. The molecule has 4 aromatic rings. The third kappa shape index (κ3) is 3.17. The quantitative estimate of drug-likeness (QED) is 0.404. The molecule has 0 amide bonds. The van der Waals surface area contributed by atoms with Crippen LogP contribution in [0.1, 0.15) is 11.5 Å². The van der Waals surface area contributed by atoms with Crippen LogP contribution >= 0.6 is 0 Å². The van der Waals surface area contributed by atoms with Crippen LogP contribution in [0.3, 0.4) is 0 Å². The number of hydrogen-bond donors (Lipinski definition) is 0. The molecule has 0 saturated carbocycles. The molecule has 0 saturated heterocycles. The van der Waals surface area contributed by atoms with Gasteiger partial charge in [-0.1, -0.05) is 35.0 Å². The number of nitrogens with zero attached hydrogens (tertiary/aromatic N) is 5. The molecule has 27 heavy (non-hydrogen) atoms. The normalized spacial score (nSPS) is 11.0. The highest BCUT2D eigenvalue weighted by Crippen LogP contribution is 2.18. The molecular formula is C18H13N5O4. The van der Waals surface area contributed by atoms with Crippen molar-refractivity contribution in [3.8, 4) is 11.4 Å². The Labute approximate surface area is 152 Å². The standard InChI is InChI=1S/C18H13N5O4/c1-11-2-4-12(5-3-11)17-20-16(27-21-17)9-22-10-19-15-7-6-13(23(25)26)8-14(15)18(22)24/h2-8,10H,9H2,1H3. The minimum absolute atomic E-state index is 0.0172. The molecule has 0 radical (unpaired) electrons. The fourth-order valence-electron chi connectivity index (χ4n) is 2.66. The highest BCUT2D eigenvalue weighted by Gasteiger charge is 2.14. The van der Waals surface area contributed by atoms with E-state index in [1.165, 1.54) is 29.1 Å². The fraction of sp³-hybridized carbons (Fsp3) is 0.111. The van der Waals surface area contributed by atoms with Crippen molar-refractivity contribution in [2.45, 2.75) is 13.5 Å². The molecule has 9 nitrogen and oxygen atoms in total. The number of hydrogen-bond acceptors (Lipinski definition) is 7. The SMILES string of the molecule is Cc1ccc(-c2noc(Cn3cnc4ccc([N+](=O)[O-])cc4c3=O)n2)cc1. The highest BCUT2D eigenvalue weighted by molar-refractivity contribution is 5.79. The Morgan fingerprint density at radius 2 is 1.96 bits per heavy atom. The first kappa shape index (κ1) is 16.6. The Morgan fingerprint density at radius 3 is 2.70 bits per heavy atom. The summed E-state index contributed by atoms with van der Waals surface area (Å²) in [5, 5.41) is 15.0. The molecule has 2 aromatic heterocycles. The predicted molar refractivity (Wildman–Crippen MR) is 96.2 cm³/mol. The smallest absolute Gasteiger partial charge is 0.270 e. The van der Waals surface area contributed by atoms with Gasteiger partial charge in [-0.25, -0.2) is 4.98 Å². The van der Waals surface area contributed by atoms with Crippen molar-refractivity contribution >= 4 is 16.6 Å². The first-order chi connectivity index (χ1) is 13.0. The summed E-state index contributed by atoms with van der Waals surface area (Å²) in [7, 11) is 0. The van der Waals surface area contributed by atoms with Crippen molar-refractivity contribution in [2.24, 2.45) is 0 Å². The second kappa shape index (κ2) is 6.45. The number of nitro benzene ring substituents is 1. The van der Waals surface area contributed by atoms with Crippen LogP contribution in [0.4, 0.5) is 5.69 Å². The lowest BCUT2D eigenvalue weighted by Crippen LogP contribution is -2.21. The van der Waals surface area contributed by atoms with Gasteiger partial charge in [-0.15, -0.1) is 0 Å². The van der Waals surface area contributed by atoms with Crippen molar-refractivity contribution in [1.82, 2.24) is 19.7 Å². The van der Waals surface area contributed by atoms with Gasteiger partial charge in [0.15, 0.2) is 0 Å². The number of benzene rings is 2. The first-order valence-electron chi connectivity index (χ1n) is 8.04. The molecule has 9 heteroatoms. The summed E-state index contributed by atoms with van der Waals surface area (Å²) >= 11 is 0. The predicted octanol–water partition coefficient (Wildman–Crippen LogP) is 2.71. The molecule has 0 bridgehead atoms. The van der Waals surface area contributed by atoms with Crippen LogP contribution in [0, 0.1) is 17.0 Å². The van der Waals surface area contributed by atoms with Crippen molar-refractivity contribution in [3.63, 3.8) is 0 Å². The van der Waals surface area contributed by atoms with Crippen LogP contribution in [0.15, 0.2) is 58.1 Å². The molecule has 0 N–H and O–H groups in total.